The van der Waals surface area contributed by atoms with E-state index in [4.69, 9.17) is 5.73 Å². The van der Waals surface area contributed by atoms with Gasteiger partial charge in [0, 0.05) is 24.4 Å². The lowest BCUT2D eigenvalue weighted by molar-refractivity contribution is 0.307. The minimum atomic E-state index is 0.504. The zero-order valence-electron chi connectivity index (χ0n) is 8.18. The summed E-state index contributed by atoms with van der Waals surface area (Å²) in [4.78, 5) is 2.35. The van der Waals surface area contributed by atoms with Crippen LogP contribution in [-0.2, 0) is 0 Å². The summed E-state index contributed by atoms with van der Waals surface area (Å²) in [6.45, 7) is 5.36. The van der Waals surface area contributed by atoms with E-state index in [1.165, 1.54) is 25.1 Å². The van der Waals surface area contributed by atoms with Crippen molar-refractivity contribution in [2.24, 2.45) is 5.73 Å². The van der Waals surface area contributed by atoms with Gasteiger partial charge in [0.25, 0.3) is 0 Å². The molecule has 12 heavy (non-hydrogen) atoms. The van der Waals surface area contributed by atoms with Crippen molar-refractivity contribution in [1.82, 2.24) is 4.90 Å². The highest BCUT2D eigenvalue weighted by Gasteiger charge is 2.30. The summed E-state index contributed by atoms with van der Waals surface area (Å²) in [6, 6.07) is 0. The number of thioether (sulfide) groups is 1. The van der Waals surface area contributed by atoms with Crippen LogP contribution < -0.4 is 5.73 Å². The molecule has 0 amide bonds. The third-order valence-electron chi connectivity index (χ3n) is 2.42. The van der Waals surface area contributed by atoms with Crippen LogP contribution in [0.25, 0.3) is 0 Å². The smallest absolute Gasteiger partial charge is 0.0259 e. The molecule has 3 heteroatoms. The predicted molar refractivity (Wildman–Crippen MR) is 56.6 cm³/mol. The molecule has 0 aromatic rings. The molecule has 1 aliphatic rings. The molecule has 1 unspecified atom stereocenters. The van der Waals surface area contributed by atoms with Crippen LogP contribution in [0.4, 0.5) is 0 Å². The number of nitrogens with zero attached hydrogens (tertiary/aromatic N) is 1. The maximum absolute atomic E-state index is 5.50. The average molecular weight is 188 g/mol. The molecule has 1 rings (SSSR count). The van der Waals surface area contributed by atoms with Gasteiger partial charge in [-0.25, -0.2) is 0 Å². The van der Waals surface area contributed by atoms with E-state index in [0.717, 1.165) is 13.1 Å². The Bertz CT molecular complexity index is 132. The highest BCUT2D eigenvalue weighted by atomic mass is 32.2. The Morgan fingerprint density at radius 2 is 2.33 bits per heavy atom. The Kier molecular flexibility index (Phi) is 3.87. The fourth-order valence-electron chi connectivity index (χ4n) is 1.83. The summed E-state index contributed by atoms with van der Waals surface area (Å²) in [6.07, 6.45) is 2.75. The fourth-order valence-corrected chi connectivity index (χ4v) is 3.21. The molecule has 2 nitrogen and oxygen atoms in total. The van der Waals surface area contributed by atoms with E-state index >= 15 is 0 Å². The molecule has 1 heterocycles. The van der Waals surface area contributed by atoms with Gasteiger partial charge in [-0.1, -0.05) is 0 Å². The Morgan fingerprint density at radius 3 is 2.83 bits per heavy atom. The minimum Gasteiger partial charge on any atom is -0.329 e. The molecular weight excluding hydrogens is 168 g/mol. The largest absolute Gasteiger partial charge is 0.329 e. The monoisotopic (exact) mass is 188 g/mol. The van der Waals surface area contributed by atoms with Gasteiger partial charge >= 0.3 is 0 Å². The van der Waals surface area contributed by atoms with Gasteiger partial charge in [0.05, 0.1) is 0 Å². The SMILES string of the molecule is CN(CCN)CC1(C)CCCS1. The van der Waals surface area contributed by atoms with Crippen LogP contribution in [0.2, 0.25) is 0 Å². The van der Waals surface area contributed by atoms with Crippen LogP contribution in [0.1, 0.15) is 19.8 Å². The fraction of sp³-hybridized carbons (Fsp3) is 1.00. The maximum Gasteiger partial charge on any atom is 0.0259 e. The van der Waals surface area contributed by atoms with Gasteiger partial charge in [-0.15, -0.1) is 0 Å². The molecule has 0 aromatic carbocycles. The van der Waals surface area contributed by atoms with Gasteiger partial charge in [-0.3, -0.25) is 0 Å². The number of rotatable bonds is 4. The standard InChI is InChI=1S/C9H20N2S/c1-9(4-3-7-12-9)8-11(2)6-5-10/h3-8,10H2,1-2H3. The van der Waals surface area contributed by atoms with Crippen LogP contribution in [-0.4, -0.2) is 42.1 Å². The third kappa shape index (κ3) is 2.96. The van der Waals surface area contributed by atoms with Crippen LogP contribution in [0, 0.1) is 0 Å². The summed E-state index contributed by atoms with van der Waals surface area (Å²) in [7, 11) is 2.16. The molecule has 0 bridgehead atoms. The predicted octanol–water partition coefficient (Wildman–Crippen LogP) is 1.16. The Morgan fingerprint density at radius 1 is 1.58 bits per heavy atom. The summed E-state index contributed by atoms with van der Waals surface area (Å²) in [5.74, 6) is 1.34. The summed E-state index contributed by atoms with van der Waals surface area (Å²) >= 11 is 2.12. The van der Waals surface area contributed by atoms with Crippen molar-refractivity contribution in [3.05, 3.63) is 0 Å². The van der Waals surface area contributed by atoms with Crippen LogP contribution in [0.3, 0.4) is 0 Å². The van der Waals surface area contributed by atoms with E-state index in [1.54, 1.807) is 0 Å². The molecule has 0 aliphatic carbocycles. The molecule has 0 aromatic heterocycles. The molecule has 0 radical (unpaired) electrons. The molecule has 72 valence electrons. The van der Waals surface area contributed by atoms with E-state index in [-0.39, 0.29) is 0 Å². The Hall–Kier alpha value is 0.270. The molecule has 1 aliphatic heterocycles. The molecule has 1 atom stereocenters. The van der Waals surface area contributed by atoms with Crippen molar-refractivity contribution in [2.45, 2.75) is 24.5 Å². The van der Waals surface area contributed by atoms with Crippen LogP contribution >= 0.6 is 11.8 Å². The van der Waals surface area contributed by atoms with Crippen molar-refractivity contribution < 1.29 is 0 Å². The molecule has 1 fully saturated rings. The second kappa shape index (κ2) is 4.49. The van der Waals surface area contributed by atoms with Gasteiger partial charge < -0.3 is 10.6 Å². The van der Waals surface area contributed by atoms with E-state index in [1.807, 2.05) is 0 Å². The first-order valence-electron chi connectivity index (χ1n) is 4.69. The number of hydrogen-bond donors (Lipinski definition) is 1. The van der Waals surface area contributed by atoms with Gasteiger partial charge in [-0.2, -0.15) is 11.8 Å². The molecule has 2 N–H and O–H groups in total. The minimum absolute atomic E-state index is 0.504. The van der Waals surface area contributed by atoms with Gasteiger partial charge in [-0.05, 0) is 32.6 Å². The lowest BCUT2D eigenvalue weighted by Crippen LogP contribution is -2.37. The topological polar surface area (TPSA) is 29.3 Å². The second-order valence-corrected chi connectivity index (χ2v) is 5.61. The molecule has 0 saturated carbocycles. The quantitative estimate of drug-likeness (QED) is 0.718. The van der Waals surface area contributed by atoms with E-state index in [9.17, 15) is 0 Å². The van der Waals surface area contributed by atoms with Gasteiger partial charge in [0.1, 0.15) is 0 Å². The lowest BCUT2D eigenvalue weighted by Gasteiger charge is -2.28. The summed E-state index contributed by atoms with van der Waals surface area (Å²) in [5.41, 5.74) is 5.50. The van der Waals surface area contributed by atoms with Gasteiger partial charge in [0.2, 0.25) is 0 Å². The highest BCUT2D eigenvalue weighted by Crippen LogP contribution is 2.37. The van der Waals surface area contributed by atoms with Crippen molar-refractivity contribution in [3.63, 3.8) is 0 Å². The van der Waals surface area contributed by atoms with Gasteiger partial charge in [0.15, 0.2) is 0 Å². The second-order valence-electron chi connectivity index (χ2n) is 3.93. The van der Waals surface area contributed by atoms with Crippen LogP contribution in [0.5, 0.6) is 0 Å². The van der Waals surface area contributed by atoms with E-state index in [2.05, 4.69) is 30.6 Å². The highest BCUT2D eigenvalue weighted by molar-refractivity contribution is 8.00. The number of hydrogen-bond acceptors (Lipinski definition) is 3. The van der Waals surface area contributed by atoms with E-state index < -0.39 is 0 Å². The van der Waals surface area contributed by atoms with Crippen molar-refractivity contribution in [3.8, 4) is 0 Å². The van der Waals surface area contributed by atoms with Crippen LogP contribution in [0.15, 0.2) is 0 Å². The number of nitrogens with two attached hydrogens (primary N) is 1. The average Bonchev–Trinajstić information content (AvgIpc) is 2.36. The first kappa shape index (κ1) is 10.4. The molecule has 0 spiro atoms. The van der Waals surface area contributed by atoms with Crippen molar-refractivity contribution in [2.75, 3.05) is 32.4 Å². The zero-order chi connectivity index (χ0) is 9.03. The zero-order valence-corrected chi connectivity index (χ0v) is 8.99. The third-order valence-corrected chi connectivity index (χ3v) is 3.94. The molecular formula is C9H20N2S. The first-order valence-corrected chi connectivity index (χ1v) is 5.67. The Balaban J connectivity index is 2.28. The first-order chi connectivity index (χ1) is 5.66. The normalized spacial score (nSPS) is 30.0. The summed E-state index contributed by atoms with van der Waals surface area (Å²) in [5, 5.41) is 0. The Labute approximate surface area is 79.9 Å². The van der Waals surface area contributed by atoms with Crippen molar-refractivity contribution in [1.29, 1.82) is 0 Å². The maximum atomic E-state index is 5.50. The van der Waals surface area contributed by atoms with E-state index in [0.29, 0.717) is 4.75 Å². The summed E-state index contributed by atoms with van der Waals surface area (Å²) < 4.78 is 0.504. The van der Waals surface area contributed by atoms with Crippen molar-refractivity contribution >= 4 is 11.8 Å². The number of likely N-dealkylation sites (N-methyl/N-ethyl adjacent to an activating group) is 1. The lowest BCUT2D eigenvalue weighted by atomic mass is 10.1. The molecule has 1 saturated heterocycles.